The number of carbonyl (C=O) groups excluding carboxylic acids is 1. The summed E-state index contributed by atoms with van der Waals surface area (Å²) in [5, 5.41) is 20.9. The number of hydrogen-bond donors (Lipinski definition) is 3. The second-order valence-electron chi connectivity index (χ2n) is 8.25. The van der Waals surface area contributed by atoms with Crippen LogP contribution in [0.3, 0.4) is 0 Å². The quantitative estimate of drug-likeness (QED) is 0.410. The molecule has 174 valence electrons. The topological polar surface area (TPSA) is 111 Å². The number of hydrogen-bond acceptors (Lipinski definition) is 7. The number of anilines is 2. The molecule has 2 aliphatic rings. The molecule has 3 heterocycles. The first-order chi connectivity index (χ1) is 17.1. The number of amides is 1. The fourth-order valence-electron chi connectivity index (χ4n) is 4.32. The van der Waals surface area contributed by atoms with Gasteiger partial charge in [0.1, 0.15) is 11.8 Å². The summed E-state index contributed by atoms with van der Waals surface area (Å²) in [5.74, 6) is 2.03. The number of fused-ring (bicyclic) bond motifs is 2. The van der Waals surface area contributed by atoms with Crippen molar-refractivity contribution in [2.45, 2.75) is 13.0 Å². The molecule has 2 aliphatic heterocycles. The Morgan fingerprint density at radius 2 is 1.89 bits per heavy atom. The van der Waals surface area contributed by atoms with Crippen LogP contribution in [0.4, 0.5) is 11.6 Å². The maximum Gasteiger partial charge on any atom is 0.255 e. The maximum absolute atomic E-state index is 13.6. The van der Waals surface area contributed by atoms with Crippen LogP contribution in [0.2, 0.25) is 0 Å². The zero-order valence-corrected chi connectivity index (χ0v) is 18.7. The van der Waals surface area contributed by atoms with Gasteiger partial charge in [-0.25, -0.2) is 4.68 Å². The van der Waals surface area contributed by atoms with Crippen molar-refractivity contribution in [3.8, 4) is 28.6 Å². The summed E-state index contributed by atoms with van der Waals surface area (Å²) in [7, 11) is 0. The number of benzene rings is 3. The van der Waals surface area contributed by atoms with E-state index in [4.69, 9.17) is 14.6 Å². The zero-order chi connectivity index (χ0) is 23.9. The van der Waals surface area contributed by atoms with Crippen LogP contribution in [-0.2, 0) is 4.79 Å². The Labute approximate surface area is 200 Å². The normalized spacial score (nSPS) is 16.0. The highest BCUT2D eigenvalue weighted by atomic mass is 16.7. The summed E-state index contributed by atoms with van der Waals surface area (Å²) in [6, 6.07) is 21.0. The van der Waals surface area contributed by atoms with Crippen LogP contribution in [-0.4, -0.2) is 32.6 Å². The van der Waals surface area contributed by atoms with Crippen LogP contribution in [0.15, 0.2) is 84.1 Å². The Hall–Kier alpha value is -4.79. The molecule has 0 radical (unpaired) electrons. The van der Waals surface area contributed by atoms with Gasteiger partial charge < -0.3 is 25.2 Å². The minimum absolute atomic E-state index is 0.118. The predicted octanol–water partition coefficient (Wildman–Crippen LogP) is 4.31. The predicted molar refractivity (Wildman–Crippen MR) is 129 cm³/mol. The number of ether oxygens (including phenoxy) is 2. The number of rotatable bonds is 4. The average Bonchev–Trinajstić information content (AvgIpc) is 3.50. The van der Waals surface area contributed by atoms with Gasteiger partial charge in [0.25, 0.3) is 5.91 Å². The van der Waals surface area contributed by atoms with E-state index >= 15 is 0 Å². The number of phenolic OH excluding ortho intramolecular Hbond substituents is 1. The average molecular weight is 467 g/mol. The van der Waals surface area contributed by atoms with E-state index in [1.165, 1.54) is 0 Å². The van der Waals surface area contributed by atoms with E-state index in [0.717, 1.165) is 5.56 Å². The van der Waals surface area contributed by atoms with Crippen LogP contribution in [0, 0.1) is 0 Å². The highest BCUT2D eigenvalue weighted by Gasteiger charge is 2.35. The summed E-state index contributed by atoms with van der Waals surface area (Å²) >= 11 is 0. The smallest absolute Gasteiger partial charge is 0.255 e. The summed E-state index contributed by atoms with van der Waals surface area (Å²) < 4.78 is 12.8. The highest BCUT2D eigenvalue weighted by Crippen LogP contribution is 2.41. The van der Waals surface area contributed by atoms with Gasteiger partial charge in [0.2, 0.25) is 12.7 Å². The van der Waals surface area contributed by atoms with Gasteiger partial charge >= 0.3 is 0 Å². The molecule has 0 bridgehead atoms. The maximum atomic E-state index is 13.6. The molecule has 1 aromatic heterocycles. The van der Waals surface area contributed by atoms with E-state index in [1.54, 1.807) is 22.9 Å². The molecule has 0 saturated carbocycles. The third-order valence-corrected chi connectivity index (χ3v) is 5.95. The lowest BCUT2D eigenvalue weighted by molar-refractivity contribution is -0.113. The standard InChI is InChI=1S/C26H21N5O4/c1-15-22(25(33)28-18-7-3-2-4-8-18)23(16-10-11-20-21(13-16)35-14-34-20)31-26(27-15)29-24(30-31)17-6-5-9-19(32)12-17/h2-13,23,32H,14H2,1H3,(H,28,33)(H,27,29,30). The Morgan fingerprint density at radius 1 is 1.06 bits per heavy atom. The summed E-state index contributed by atoms with van der Waals surface area (Å²) in [6.07, 6.45) is 0. The third-order valence-electron chi connectivity index (χ3n) is 5.95. The lowest BCUT2D eigenvalue weighted by Crippen LogP contribution is -2.31. The van der Waals surface area contributed by atoms with Gasteiger partial charge in [-0.15, -0.1) is 5.10 Å². The molecule has 35 heavy (non-hydrogen) atoms. The molecular weight excluding hydrogens is 446 g/mol. The molecule has 0 aliphatic carbocycles. The lowest BCUT2D eigenvalue weighted by Gasteiger charge is -2.28. The van der Waals surface area contributed by atoms with Crippen molar-refractivity contribution in [2.24, 2.45) is 0 Å². The molecule has 3 N–H and O–H groups in total. The van der Waals surface area contributed by atoms with E-state index in [1.807, 2.05) is 61.5 Å². The second-order valence-corrected chi connectivity index (χ2v) is 8.25. The zero-order valence-electron chi connectivity index (χ0n) is 18.7. The molecule has 0 spiro atoms. The van der Waals surface area contributed by atoms with Crippen LogP contribution >= 0.6 is 0 Å². The fraction of sp³-hybridized carbons (Fsp3) is 0.115. The van der Waals surface area contributed by atoms with Crippen molar-refractivity contribution in [1.82, 2.24) is 14.8 Å². The number of aromatic nitrogens is 3. The van der Waals surface area contributed by atoms with Crippen molar-refractivity contribution in [3.05, 3.63) is 89.6 Å². The van der Waals surface area contributed by atoms with Gasteiger partial charge in [-0.1, -0.05) is 36.4 Å². The number of para-hydroxylation sites is 1. The molecule has 1 amide bonds. The Balaban J connectivity index is 1.47. The van der Waals surface area contributed by atoms with Gasteiger partial charge in [-0.05, 0) is 48.9 Å². The number of carbonyl (C=O) groups is 1. The van der Waals surface area contributed by atoms with Gasteiger partial charge in [-0.2, -0.15) is 4.98 Å². The largest absolute Gasteiger partial charge is 0.508 e. The van der Waals surface area contributed by atoms with Crippen molar-refractivity contribution in [1.29, 1.82) is 0 Å². The molecule has 3 aromatic carbocycles. The first-order valence-corrected chi connectivity index (χ1v) is 11.1. The minimum Gasteiger partial charge on any atom is -0.508 e. The Kier molecular flexibility index (Phi) is 4.88. The molecular formula is C26H21N5O4. The summed E-state index contributed by atoms with van der Waals surface area (Å²) in [5.41, 5.74) is 3.29. The number of nitrogens with one attached hydrogen (secondary N) is 2. The number of aromatic hydroxyl groups is 1. The van der Waals surface area contributed by atoms with Crippen LogP contribution in [0.25, 0.3) is 11.4 Å². The Morgan fingerprint density at radius 3 is 2.71 bits per heavy atom. The SMILES string of the molecule is CC1=C(C(=O)Nc2ccccc2)C(c2ccc3c(c2)OCO3)n2nc(-c3cccc(O)c3)nc2N1. The lowest BCUT2D eigenvalue weighted by atomic mass is 9.94. The number of nitrogens with zero attached hydrogens (tertiary/aromatic N) is 3. The fourth-order valence-corrected chi connectivity index (χ4v) is 4.32. The van der Waals surface area contributed by atoms with Crippen molar-refractivity contribution >= 4 is 17.5 Å². The third kappa shape index (κ3) is 3.72. The molecule has 0 saturated heterocycles. The van der Waals surface area contributed by atoms with Gasteiger partial charge in [0, 0.05) is 16.9 Å². The van der Waals surface area contributed by atoms with Crippen molar-refractivity contribution < 1.29 is 19.4 Å². The van der Waals surface area contributed by atoms with E-state index < -0.39 is 6.04 Å². The van der Waals surface area contributed by atoms with Gasteiger partial charge in [-0.3, -0.25) is 4.79 Å². The van der Waals surface area contributed by atoms with E-state index in [-0.39, 0.29) is 18.4 Å². The first-order valence-electron chi connectivity index (χ1n) is 11.1. The van der Waals surface area contributed by atoms with Gasteiger partial charge in [0.05, 0.1) is 5.57 Å². The monoisotopic (exact) mass is 467 g/mol. The van der Waals surface area contributed by atoms with E-state index in [0.29, 0.717) is 45.8 Å². The van der Waals surface area contributed by atoms with Gasteiger partial charge in [0.15, 0.2) is 17.3 Å². The second kappa shape index (κ2) is 8.21. The van der Waals surface area contributed by atoms with E-state index in [9.17, 15) is 9.90 Å². The molecule has 1 unspecified atom stereocenters. The van der Waals surface area contributed by atoms with Crippen LogP contribution in [0.5, 0.6) is 17.2 Å². The number of phenols is 1. The minimum atomic E-state index is -0.581. The van der Waals surface area contributed by atoms with Crippen LogP contribution in [0.1, 0.15) is 18.5 Å². The van der Waals surface area contributed by atoms with E-state index in [2.05, 4.69) is 15.6 Å². The van der Waals surface area contributed by atoms with Crippen molar-refractivity contribution in [3.63, 3.8) is 0 Å². The Bertz CT molecular complexity index is 1480. The molecule has 4 aromatic rings. The molecule has 9 nitrogen and oxygen atoms in total. The van der Waals surface area contributed by atoms with Crippen molar-refractivity contribution in [2.75, 3.05) is 17.4 Å². The first kappa shape index (κ1) is 20.8. The molecule has 9 heteroatoms. The molecule has 6 rings (SSSR count). The highest BCUT2D eigenvalue weighted by molar-refractivity contribution is 6.06. The summed E-state index contributed by atoms with van der Waals surface area (Å²) in [6.45, 7) is 1.99. The molecule has 0 fully saturated rings. The number of allylic oxidation sites excluding steroid dienone is 1. The summed E-state index contributed by atoms with van der Waals surface area (Å²) in [4.78, 5) is 18.2. The molecule has 1 atom stereocenters. The van der Waals surface area contributed by atoms with Crippen LogP contribution < -0.4 is 20.1 Å².